The van der Waals surface area contributed by atoms with Gasteiger partial charge in [-0.25, -0.2) is 19.2 Å². The van der Waals surface area contributed by atoms with Crippen molar-refractivity contribution in [1.82, 2.24) is 20.9 Å². The Balaban J connectivity index is 0.983. The molecule has 9 rings (SSSR count). The van der Waals surface area contributed by atoms with Crippen LogP contribution in [0.4, 0.5) is 15.3 Å². The molecule has 8 N–H and O–H groups in total. The quantitative estimate of drug-likeness (QED) is 0.00940. The molecule has 4 aromatic rings. The number of nitrogens with one attached hydrogen (secondary N) is 4. The van der Waals surface area contributed by atoms with E-state index in [-0.39, 0.29) is 84.6 Å². The zero-order chi connectivity index (χ0) is 76.3. The molecule has 3 fully saturated rings. The number of aliphatic hydroxyl groups is 2. The first-order chi connectivity index (χ1) is 49.8. The lowest BCUT2D eigenvalue weighted by molar-refractivity contribution is -0.346. The van der Waals surface area contributed by atoms with Crippen molar-refractivity contribution in [3.63, 3.8) is 0 Å². The summed E-state index contributed by atoms with van der Waals surface area (Å²) >= 11 is 0. The molecule has 105 heavy (non-hydrogen) atoms. The third kappa shape index (κ3) is 17.5. The van der Waals surface area contributed by atoms with E-state index in [1.54, 1.807) is 68.4 Å². The molecule has 0 radical (unpaired) electrons. The maximum atomic E-state index is 16.0. The van der Waals surface area contributed by atoms with Gasteiger partial charge in [0.15, 0.2) is 23.3 Å². The molecule has 7 amide bonds. The average molecular weight is 1450 g/mol. The zero-order valence-corrected chi connectivity index (χ0v) is 59.8. The molecule has 1 saturated heterocycles. The number of fused-ring (bicyclic) bond motifs is 5. The molecule has 28 heteroatoms. The fourth-order valence-corrected chi connectivity index (χ4v) is 15.0. The van der Waals surface area contributed by atoms with E-state index in [9.17, 15) is 63.0 Å². The Kier molecular flexibility index (Phi) is 25.1. The summed E-state index contributed by atoms with van der Waals surface area (Å²) in [7, 11) is 0. The SMILES string of the molecule is CC(=O)O[C@@H]1C(=O)[C@@]2(C)[C@H](O)C[C@@H]3OC[C@]3(OC(C)=O)[C@@H]2[C@@H](OC(=O)c2ccccc2)[C@@]2(O)C[C@@H](OC(=O)[C@@H](OC(=O)OCc3ccc(NC(=O)[C@H](CCCNC(N)=O)CC(=O)[C@@H](NC(=O)CCCCCN4C(=O)C=CC4=O)C(C)C)cc3)[C@H](NC(=O)c3ccccc3)c3ccccc3)C(C)=C1C2(C)C. The molecule has 2 bridgehead atoms. The summed E-state index contributed by atoms with van der Waals surface area (Å²) in [6, 6.07) is 26.1. The highest BCUT2D eigenvalue weighted by Gasteiger charge is 2.78. The van der Waals surface area contributed by atoms with Gasteiger partial charge in [-0.3, -0.25) is 48.1 Å². The Labute approximate surface area is 606 Å². The molecular weight excluding hydrogens is 1360 g/mol. The van der Waals surface area contributed by atoms with Crippen molar-refractivity contribution in [2.45, 2.75) is 180 Å². The van der Waals surface area contributed by atoms with Gasteiger partial charge < -0.3 is 70.4 Å². The predicted octanol–water partition coefficient (Wildman–Crippen LogP) is 6.69. The van der Waals surface area contributed by atoms with Gasteiger partial charge in [-0.1, -0.05) is 113 Å². The number of benzene rings is 4. The van der Waals surface area contributed by atoms with Crippen molar-refractivity contribution in [3.05, 3.63) is 161 Å². The molecule has 0 aromatic heterocycles. The van der Waals surface area contributed by atoms with Crippen LogP contribution in [0.3, 0.4) is 0 Å². The summed E-state index contributed by atoms with van der Waals surface area (Å²) in [5.74, 6) is -11.1. The van der Waals surface area contributed by atoms with Crippen molar-refractivity contribution in [2.24, 2.45) is 34.3 Å². The first kappa shape index (κ1) is 78.7. The monoisotopic (exact) mass is 1450 g/mol. The number of unbranched alkanes of at least 4 members (excludes halogenated alkanes) is 2. The molecule has 2 saturated carbocycles. The van der Waals surface area contributed by atoms with Gasteiger partial charge in [-0.2, -0.15) is 0 Å². The number of nitrogens with zero attached hydrogens (tertiary/aromatic N) is 1. The Hall–Kier alpha value is -10.5. The van der Waals surface area contributed by atoms with Crippen LogP contribution >= 0.6 is 0 Å². The standard InChI is InChI=1S/C77H90N6O22/c1-43(2)61(81-57(88)29-19-12-20-37-83-58(89)34-35-59(83)90)53(86)38-51(28-21-36-79-72(78)96)69(93)80-52-32-30-47(31-33-52)41-99-73(97)103-64(62(48-22-13-9-14-23-48)82-68(92)49-24-15-10-16-25-49)71(95)102-54-40-77(98)67(104-70(94)50-26-17-11-18-27-50)65-75(8,55(87)39-56-76(65,42-100-56)105-46(5)85)66(91)63(101-45(4)84)60(44(54)3)74(77,6)7/h9-11,13-18,22-27,30-35,43,51,54-56,61-65,67,87,98H,12,19-21,28-29,36-42H2,1-8H3,(H,80,93)(H,81,88)(H,82,92)(H3,78,79,96)/t51-,54-,55-,56+,61+,62-,63+,64+,65-,67-,75+,76-,77+/m1/s1. The smallest absolute Gasteiger partial charge is 0.455 e. The highest BCUT2D eigenvalue weighted by Crippen LogP contribution is 2.64. The van der Waals surface area contributed by atoms with Crippen molar-refractivity contribution >= 4 is 82.9 Å². The average Bonchev–Trinajstić information content (AvgIpc) is 1.18. The molecule has 13 atom stereocenters. The van der Waals surface area contributed by atoms with E-state index >= 15 is 9.59 Å². The number of nitrogens with two attached hydrogens (primary N) is 1. The second kappa shape index (κ2) is 33.5. The number of urea groups is 1. The van der Waals surface area contributed by atoms with Gasteiger partial charge >= 0.3 is 36.1 Å². The highest BCUT2D eigenvalue weighted by atomic mass is 16.7. The number of amides is 7. The minimum Gasteiger partial charge on any atom is -0.455 e. The minimum absolute atomic E-state index is 0.00799. The molecule has 4 aromatic carbocycles. The van der Waals surface area contributed by atoms with Gasteiger partial charge in [0.2, 0.25) is 17.9 Å². The Morgan fingerprint density at radius 2 is 1.38 bits per heavy atom. The first-order valence-electron chi connectivity index (χ1n) is 34.9. The van der Waals surface area contributed by atoms with Gasteiger partial charge in [0.1, 0.15) is 36.6 Å². The predicted molar refractivity (Wildman–Crippen MR) is 373 cm³/mol. The van der Waals surface area contributed by atoms with Crippen LogP contribution in [0.5, 0.6) is 0 Å². The molecule has 3 aliphatic carbocycles. The molecular formula is C77H90N6O22. The van der Waals surface area contributed by atoms with Gasteiger partial charge in [0.05, 0.1) is 35.6 Å². The van der Waals surface area contributed by atoms with E-state index < -0.39 is 179 Å². The van der Waals surface area contributed by atoms with Crippen LogP contribution < -0.4 is 27.0 Å². The second-order valence-electron chi connectivity index (χ2n) is 28.2. The van der Waals surface area contributed by atoms with E-state index in [2.05, 4.69) is 21.3 Å². The third-order valence-electron chi connectivity index (χ3n) is 20.6. The lowest BCUT2D eigenvalue weighted by atomic mass is 9.44. The van der Waals surface area contributed by atoms with Gasteiger partial charge in [-0.15, -0.1) is 0 Å². The number of carbonyl (C=O) groups is 13. The number of imide groups is 1. The van der Waals surface area contributed by atoms with Crippen molar-refractivity contribution in [2.75, 3.05) is 25.0 Å². The van der Waals surface area contributed by atoms with Gasteiger partial charge in [-0.05, 0) is 104 Å². The van der Waals surface area contributed by atoms with E-state index in [4.69, 9.17) is 38.9 Å². The topological polar surface area (TPSA) is 404 Å². The van der Waals surface area contributed by atoms with E-state index in [0.717, 1.165) is 18.7 Å². The number of anilines is 1. The number of ketones is 2. The number of aliphatic hydroxyl groups excluding tert-OH is 1. The molecule has 2 aliphatic heterocycles. The van der Waals surface area contributed by atoms with E-state index in [0.29, 0.717) is 24.8 Å². The van der Waals surface area contributed by atoms with Crippen LogP contribution in [0, 0.1) is 28.6 Å². The van der Waals surface area contributed by atoms with Crippen LogP contribution in [-0.4, -0.2) is 166 Å². The van der Waals surface area contributed by atoms with E-state index in [1.165, 1.54) is 101 Å². The van der Waals surface area contributed by atoms with Crippen LogP contribution in [-0.2, 0) is 82.9 Å². The third-order valence-corrected chi connectivity index (χ3v) is 20.6. The van der Waals surface area contributed by atoms with Gasteiger partial charge in [0.25, 0.3) is 17.7 Å². The number of rotatable bonds is 30. The van der Waals surface area contributed by atoms with Crippen LogP contribution in [0.15, 0.2) is 139 Å². The van der Waals surface area contributed by atoms with E-state index in [1.807, 2.05) is 0 Å². The first-order valence-corrected chi connectivity index (χ1v) is 34.9. The fraction of sp³-hybridized carbons (Fsp3) is 0.468. The lowest BCUT2D eigenvalue weighted by Gasteiger charge is -2.67. The number of hydrogen-bond acceptors (Lipinski definition) is 22. The number of carbonyl (C=O) groups excluding carboxylic acids is 13. The minimum atomic E-state index is -2.57. The molecule has 0 unspecified atom stereocenters. The summed E-state index contributed by atoms with van der Waals surface area (Å²) in [5, 5.41) is 37.4. The Morgan fingerprint density at radius 1 is 0.752 bits per heavy atom. The Bertz CT molecular complexity index is 4000. The second-order valence-corrected chi connectivity index (χ2v) is 28.2. The largest absolute Gasteiger partial charge is 0.509 e. The van der Waals surface area contributed by atoms with Gasteiger partial charge in [0, 0.05) is 87.4 Å². The molecule has 560 valence electrons. The van der Waals surface area contributed by atoms with Crippen LogP contribution in [0.1, 0.15) is 151 Å². The number of ether oxygens (including phenoxy) is 7. The van der Waals surface area contributed by atoms with Crippen LogP contribution in [0.25, 0.3) is 0 Å². The molecule has 28 nitrogen and oxygen atoms in total. The number of Topliss-reactive ketones (excluding diaryl/α,β-unsaturated/α-hetero) is 2. The molecule has 0 spiro atoms. The number of hydrogen-bond donors (Lipinski definition) is 7. The summed E-state index contributed by atoms with van der Waals surface area (Å²) in [4.78, 5) is 180. The zero-order valence-electron chi connectivity index (χ0n) is 59.8. The van der Waals surface area contributed by atoms with Crippen molar-refractivity contribution in [1.29, 1.82) is 0 Å². The maximum Gasteiger partial charge on any atom is 0.509 e. The van der Waals surface area contributed by atoms with Crippen molar-refractivity contribution in [3.8, 4) is 0 Å². The maximum absolute atomic E-state index is 16.0. The molecule has 2 heterocycles. The number of primary amides is 1. The fourth-order valence-electron chi connectivity index (χ4n) is 15.0. The number of esters is 4. The highest BCUT2D eigenvalue weighted by molar-refractivity contribution is 6.13. The summed E-state index contributed by atoms with van der Waals surface area (Å²) in [5.41, 5.74) is -2.37. The van der Waals surface area contributed by atoms with Crippen LogP contribution in [0.2, 0.25) is 0 Å². The lowest BCUT2D eigenvalue weighted by Crippen LogP contribution is -2.82. The summed E-state index contributed by atoms with van der Waals surface area (Å²) < 4.78 is 42.7. The van der Waals surface area contributed by atoms with Crippen molar-refractivity contribution < 1.29 is 106 Å². The molecule has 5 aliphatic rings. The normalized spacial score (nSPS) is 24.6. The summed E-state index contributed by atoms with van der Waals surface area (Å²) in [6.45, 7) is 10.9. The Morgan fingerprint density at radius 3 is 1.97 bits per heavy atom. The summed E-state index contributed by atoms with van der Waals surface area (Å²) in [6.07, 6.45) is -9.16.